The Hall–Kier alpha value is -4.61. The van der Waals surface area contributed by atoms with E-state index >= 15 is 0 Å². The predicted octanol–water partition coefficient (Wildman–Crippen LogP) is 1.42. The second-order valence-electron chi connectivity index (χ2n) is 9.66. The summed E-state index contributed by atoms with van der Waals surface area (Å²) in [5.74, 6) is -1.06. The summed E-state index contributed by atoms with van der Waals surface area (Å²) in [6.45, 7) is 6.38. The molecule has 3 atom stereocenters. The van der Waals surface area contributed by atoms with Gasteiger partial charge in [0.15, 0.2) is 18.1 Å². The normalized spacial score (nSPS) is 18.3. The molecular weight excluding hydrogens is 523 g/mol. The van der Waals surface area contributed by atoms with Crippen LogP contribution < -0.4 is 15.4 Å². The number of ether oxygens (including phenoxy) is 1. The Balaban J connectivity index is 1.70. The maximum atomic E-state index is 14.9. The van der Waals surface area contributed by atoms with E-state index in [-0.39, 0.29) is 49.1 Å². The zero-order valence-corrected chi connectivity index (χ0v) is 22.0. The Morgan fingerprint density at radius 3 is 2.83 bits per heavy atom. The lowest BCUT2D eigenvalue weighted by Gasteiger charge is -2.35. The van der Waals surface area contributed by atoms with Crippen molar-refractivity contribution in [2.75, 3.05) is 25.0 Å². The molecule has 1 aliphatic rings. The number of aliphatic hydroxyl groups is 3. The van der Waals surface area contributed by atoms with Crippen molar-refractivity contribution in [1.82, 2.24) is 25.2 Å². The summed E-state index contributed by atoms with van der Waals surface area (Å²) in [4.78, 5) is 25.8. The molecule has 1 aromatic heterocycles. The predicted molar refractivity (Wildman–Crippen MR) is 143 cm³/mol. The van der Waals surface area contributed by atoms with Gasteiger partial charge in [0.2, 0.25) is 5.95 Å². The summed E-state index contributed by atoms with van der Waals surface area (Å²) in [6.07, 6.45) is -0.464. The molecule has 1 saturated heterocycles. The van der Waals surface area contributed by atoms with Crippen molar-refractivity contribution >= 4 is 18.1 Å². The van der Waals surface area contributed by atoms with Crippen LogP contribution >= 0.6 is 0 Å². The third-order valence-corrected chi connectivity index (χ3v) is 5.76. The van der Waals surface area contributed by atoms with Crippen LogP contribution in [0.3, 0.4) is 0 Å². The second-order valence-corrected chi connectivity index (χ2v) is 9.66. The number of amides is 1. The van der Waals surface area contributed by atoms with Crippen LogP contribution in [0.4, 0.5) is 10.3 Å². The van der Waals surface area contributed by atoms with E-state index in [0.29, 0.717) is 11.3 Å². The summed E-state index contributed by atoms with van der Waals surface area (Å²) >= 11 is 0. The van der Waals surface area contributed by atoms with Gasteiger partial charge in [-0.15, -0.1) is 0 Å². The molecule has 0 radical (unpaired) electrons. The van der Waals surface area contributed by atoms with Crippen LogP contribution in [0.5, 0.6) is 5.75 Å². The number of hydrogen-bond donors (Lipinski definition) is 6. The molecule has 1 amide bonds. The first-order valence-corrected chi connectivity index (χ1v) is 12.2. The van der Waals surface area contributed by atoms with Gasteiger partial charge in [0.25, 0.3) is 5.91 Å². The zero-order valence-electron chi connectivity index (χ0n) is 22.0. The van der Waals surface area contributed by atoms with Gasteiger partial charge in [-0.2, -0.15) is 10.2 Å². The van der Waals surface area contributed by atoms with Crippen LogP contribution in [-0.2, 0) is 4.79 Å². The maximum absolute atomic E-state index is 14.9. The lowest BCUT2D eigenvalue weighted by Crippen LogP contribution is -2.52. The second kappa shape index (κ2) is 13.0. The third kappa shape index (κ3) is 7.95. The molecule has 6 N–H and O–H groups in total. The molecule has 2 aromatic rings. The fourth-order valence-corrected chi connectivity index (χ4v) is 3.70. The monoisotopic (exact) mass is 554 g/mol. The van der Waals surface area contributed by atoms with E-state index in [2.05, 4.69) is 32.2 Å². The number of likely N-dealkylation sites (tertiary alicyclic amines) is 1. The van der Waals surface area contributed by atoms with Gasteiger partial charge in [-0.3, -0.25) is 4.79 Å². The number of alkyl halides is 1. The van der Waals surface area contributed by atoms with Crippen LogP contribution in [0, 0.1) is 16.7 Å². The highest BCUT2D eigenvalue weighted by atomic mass is 19.1. The van der Waals surface area contributed by atoms with E-state index in [9.17, 15) is 29.8 Å². The number of piperidine rings is 1. The summed E-state index contributed by atoms with van der Waals surface area (Å²) in [5, 5.41) is 51.8. The number of nitrogens with one attached hydrogen (secondary N) is 3. The van der Waals surface area contributed by atoms with Gasteiger partial charge in [0.1, 0.15) is 30.0 Å². The van der Waals surface area contributed by atoms with E-state index in [0.717, 1.165) is 11.1 Å². The molecule has 1 aromatic carbocycles. The molecule has 0 aliphatic carbocycles. The van der Waals surface area contributed by atoms with Crippen LogP contribution in [0.1, 0.15) is 25.8 Å². The lowest BCUT2D eigenvalue weighted by molar-refractivity contribution is -0.143. The number of benzene rings is 1. The number of hydrogen-bond acceptors (Lipinski definition) is 12. The van der Waals surface area contributed by atoms with Crippen molar-refractivity contribution in [3.05, 3.63) is 54.3 Å². The van der Waals surface area contributed by atoms with Gasteiger partial charge in [-0.1, -0.05) is 6.58 Å². The van der Waals surface area contributed by atoms with Crippen molar-refractivity contribution in [3.8, 4) is 23.2 Å². The van der Waals surface area contributed by atoms with Crippen LogP contribution in [0.25, 0.3) is 11.4 Å². The van der Waals surface area contributed by atoms with Crippen molar-refractivity contribution < 1.29 is 29.2 Å². The molecule has 0 saturated carbocycles. The SMILES string of the molecule is C=C(O)[C@H](O)C(=O)N1CC[C@H](Oc2ccc(-c3ncnc(N/C(C=N)=C/NCC(C)(C)O)n3)cc2C#N)[C@H](F)C1. The molecular formula is C26H31FN8O5. The van der Waals surface area contributed by atoms with Crippen molar-refractivity contribution in [1.29, 1.82) is 10.7 Å². The number of carbonyl (C=O) groups excluding carboxylic acids is 1. The molecule has 14 heteroatoms. The number of rotatable bonds is 11. The standard InChI is InChI=1S/C26H31FN8O5/c1-15(36)22(37)24(38)35-7-6-21(19(27)12-35)40-20-5-4-16(8-17(20)9-28)23-31-14-32-25(34-23)33-18(10-29)11-30-13-26(2,3)39/h4-5,8,10-11,14,19,21-22,29-30,36-37,39H,1,6-7,12-13H2,2-3H3,(H,31,32,33,34)/b18-11+,29-10?/t19-,21+,22+/m1/s1. The van der Waals surface area contributed by atoms with E-state index < -0.39 is 35.6 Å². The van der Waals surface area contributed by atoms with Gasteiger partial charge in [0.05, 0.1) is 23.4 Å². The van der Waals surface area contributed by atoms with Crippen molar-refractivity contribution in [2.24, 2.45) is 0 Å². The molecule has 40 heavy (non-hydrogen) atoms. The fourth-order valence-electron chi connectivity index (χ4n) is 3.70. The minimum atomic E-state index is -1.82. The number of nitriles is 1. The number of anilines is 1. The van der Waals surface area contributed by atoms with Crippen molar-refractivity contribution in [3.63, 3.8) is 0 Å². The van der Waals surface area contributed by atoms with E-state index in [1.54, 1.807) is 19.9 Å². The zero-order chi connectivity index (χ0) is 29.4. The third-order valence-electron chi connectivity index (χ3n) is 5.76. The molecule has 2 heterocycles. The van der Waals surface area contributed by atoms with Crippen LogP contribution in [0.15, 0.2) is 48.8 Å². The van der Waals surface area contributed by atoms with Gasteiger partial charge in [0, 0.05) is 37.5 Å². The summed E-state index contributed by atoms with van der Waals surface area (Å²) < 4.78 is 20.6. The highest BCUT2D eigenvalue weighted by molar-refractivity contribution is 5.83. The molecule has 212 valence electrons. The van der Waals surface area contributed by atoms with Gasteiger partial charge >= 0.3 is 0 Å². The minimum Gasteiger partial charge on any atom is -0.510 e. The van der Waals surface area contributed by atoms with Crippen LogP contribution in [-0.4, -0.2) is 90.9 Å². The molecule has 0 spiro atoms. The number of nitrogens with zero attached hydrogens (tertiary/aromatic N) is 5. The first-order chi connectivity index (χ1) is 18.9. The first-order valence-electron chi connectivity index (χ1n) is 12.2. The Kier molecular flexibility index (Phi) is 9.70. The fraction of sp³-hybridized carbons (Fsp3) is 0.385. The quantitative estimate of drug-likeness (QED) is 0.173. The smallest absolute Gasteiger partial charge is 0.259 e. The summed E-state index contributed by atoms with van der Waals surface area (Å²) in [7, 11) is 0. The number of allylic oxidation sites excluding steroid dienone is 1. The van der Waals surface area contributed by atoms with Gasteiger partial charge < -0.3 is 41.0 Å². The highest BCUT2D eigenvalue weighted by Gasteiger charge is 2.36. The summed E-state index contributed by atoms with van der Waals surface area (Å²) in [5.41, 5.74) is -0.0434. The van der Waals surface area contributed by atoms with Crippen molar-refractivity contribution in [2.45, 2.75) is 44.2 Å². The minimum absolute atomic E-state index is 0.0777. The average Bonchev–Trinajstić information content (AvgIpc) is 2.92. The number of aliphatic hydroxyl groups excluding tert-OH is 2. The van der Waals surface area contributed by atoms with E-state index in [1.807, 2.05) is 6.07 Å². The number of carbonyl (C=O) groups is 1. The molecule has 1 fully saturated rings. The lowest BCUT2D eigenvalue weighted by atomic mass is 10.0. The number of aromatic nitrogens is 3. The molecule has 1 aliphatic heterocycles. The number of halogens is 1. The Morgan fingerprint density at radius 2 is 2.20 bits per heavy atom. The largest absolute Gasteiger partial charge is 0.510 e. The van der Waals surface area contributed by atoms with Crippen LogP contribution in [0.2, 0.25) is 0 Å². The molecule has 0 bridgehead atoms. The maximum Gasteiger partial charge on any atom is 0.259 e. The molecule has 13 nitrogen and oxygen atoms in total. The Labute approximate surface area is 230 Å². The Bertz CT molecular complexity index is 1320. The first kappa shape index (κ1) is 29.9. The summed E-state index contributed by atoms with van der Waals surface area (Å²) in [6, 6.07) is 6.60. The van der Waals surface area contributed by atoms with Gasteiger partial charge in [-0.25, -0.2) is 14.4 Å². The topological polar surface area (TPSA) is 201 Å². The average molecular weight is 555 g/mol. The molecule has 3 rings (SSSR count). The van der Waals surface area contributed by atoms with E-state index in [1.165, 1.54) is 24.7 Å². The van der Waals surface area contributed by atoms with E-state index in [4.69, 9.17) is 10.1 Å². The van der Waals surface area contributed by atoms with Gasteiger partial charge in [-0.05, 0) is 32.0 Å². The Morgan fingerprint density at radius 1 is 1.45 bits per heavy atom. The molecule has 0 unspecified atom stereocenters. The highest BCUT2D eigenvalue weighted by Crippen LogP contribution is 2.28.